The fraction of sp³-hybridized carbons (Fsp3) is 0.381. The van der Waals surface area contributed by atoms with Crippen LogP contribution in [0.3, 0.4) is 0 Å². The van der Waals surface area contributed by atoms with Crippen LogP contribution in [0, 0.1) is 13.8 Å². The van der Waals surface area contributed by atoms with Gasteiger partial charge in [-0.05, 0) is 67.1 Å². The average molecular weight is 360 g/mol. The van der Waals surface area contributed by atoms with Crippen molar-refractivity contribution in [1.29, 1.82) is 0 Å². The molecule has 0 heterocycles. The Hall–Kier alpha value is -2.00. The normalized spacial score (nSPS) is 10.8. The molecule has 0 spiro atoms. The molecule has 0 fully saturated rings. The highest BCUT2D eigenvalue weighted by molar-refractivity contribution is 6.31. The fourth-order valence-electron chi connectivity index (χ4n) is 2.70. The van der Waals surface area contributed by atoms with E-state index < -0.39 is 0 Å². The number of hydrogen-bond donors (Lipinski definition) is 1. The summed E-state index contributed by atoms with van der Waals surface area (Å²) in [6, 6.07) is 11.7. The summed E-state index contributed by atoms with van der Waals surface area (Å²) in [5.74, 6) is 1.33. The van der Waals surface area contributed by atoms with E-state index in [1.165, 1.54) is 11.1 Å². The van der Waals surface area contributed by atoms with Crippen molar-refractivity contribution in [3.63, 3.8) is 0 Å². The Bertz CT molecular complexity index is 741. The summed E-state index contributed by atoms with van der Waals surface area (Å²) in [4.78, 5) is 12.0. The third-order valence-electron chi connectivity index (χ3n) is 4.14. The number of hydrogen-bond acceptors (Lipinski definition) is 2. The summed E-state index contributed by atoms with van der Waals surface area (Å²) in [6.45, 7) is 8.91. The SMILES string of the molecule is Cc1ccc(NC(=O)CCCOc2ccc(C(C)C)c(C)c2)cc1Cl. The Morgan fingerprint density at radius 1 is 1.12 bits per heavy atom. The highest BCUT2D eigenvalue weighted by Crippen LogP contribution is 2.24. The van der Waals surface area contributed by atoms with Crippen molar-refractivity contribution in [3.8, 4) is 5.75 Å². The van der Waals surface area contributed by atoms with E-state index in [0.717, 1.165) is 17.0 Å². The van der Waals surface area contributed by atoms with Crippen LogP contribution in [0.4, 0.5) is 5.69 Å². The minimum Gasteiger partial charge on any atom is -0.494 e. The van der Waals surface area contributed by atoms with E-state index in [2.05, 4.69) is 38.2 Å². The van der Waals surface area contributed by atoms with Crippen molar-refractivity contribution in [3.05, 3.63) is 58.1 Å². The molecule has 0 unspecified atom stereocenters. The number of halogens is 1. The lowest BCUT2D eigenvalue weighted by atomic mass is 9.98. The van der Waals surface area contributed by atoms with E-state index in [-0.39, 0.29) is 5.91 Å². The molecule has 0 bridgehead atoms. The summed E-state index contributed by atoms with van der Waals surface area (Å²) in [7, 11) is 0. The zero-order chi connectivity index (χ0) is 18.4. The molecule has 0 saturated heterocycles. The standard InChI is InChI=1S/C21H26ClNO2/c1-14(2)19-10-9-18(12-16(19)4)25-11-5-6-21(24)23-17-8-7-15(3)20(22)13-17/h7-10,12-14H,5-6,11H2,1-4H3,(H,23,24). The highest BCUT2D eigenvalue weighted by atomic mass is 35.5. The van der Waals surface area contributed by atoms with Crippen molar-refractivity contribution in [1.82, 2.24) is 0 Å². The molecule has 0 aliphatic carbocycles. The maximum atomic E-state index is 12.0. The van der Waals surface area contributed by atoms with Gasteiger partial charge >= 0.3 is 0 Å². The van der Waals surface area contributed by atoms with E-state index in [4.69, 9.17) is 16.3 Å². The molecule has 134 valence electrons. The molecule has 2 aromatic carbocycles. The maximum Gasteiger partial charge on any atom is 0.224 e. The van der Waals surface area contributed by atoms with E-state index in [9.17, 15) is 4.79 Å². The molecule has 2 aromatic rings. The number of rotatable bonds is 7. The molecule has 1 amide bonds. The molecule has 0 aromatic heterocycles. The van der Waals surface area contributed by atoms with Crippen LogP contribution >= 0.6 is 11.6 Å². The van der Waals surface area contributed by atoms with Gasteiger partial charge in [0.2, 0.25) is 5.91 Å². The van der Waals surface area contributed by atoms with Crippen LogP contribution in [-0.2, 0) is 4.79 Å². The topological polar surface area (TPSA) is 38.3 Å². The van der Waals surface area contributed by atoms with E-state index in [1.54, 1.807) is 6.07 Å². The largest absolute Gasteiger partial charge is 0.494 e. The number of carbonyl (C=O) groups is 1. The zero-order valence-corrected chi connectivity index (χ0v) is 16.1. The Kier molecular flexibility index (Phi) is 6.89. The summed E-state index contributed by atoms with van der Waals surface area (Å²) in [5.41, 5.74) is 4.29. The third-order valence-corrected chi connectivity index (χ3v) is 4.54. The van der Waals surface area contributed by atoms with Gasteiger partial charge in [-0.2, -0.15) is 0 Å². The van der Waals surface area contributed by atoms with Crippen LogP contribution in [-0.4, -0.2) is 12.5 Å². The van der Waals surface area contributed by atoms with Crippen LogP contribution in [0.2, 0.25) is 5.02 Å². The molecular formula is C21H26ClNO2. The van der Waals surface area contributed by atoms with Gasteiger partial charge in [0, 0.05) is 17.1 Å². The second kappa shape index (κ2) is 8.91. The fourth-order valence-corrected chi connectivity index (χ4v) is 2.88. The maximum absolute atomic E-state index is 12.0. The number of nitrogens with one attached hydrogen (secondary N) is 1. The van der Waals surface area contributed by atoms with Crippen molar-refractivity contribution in [2.45, 2.75) is 46.5 Å². The van der Waals surface area contributed by atoms with Crippen LogP contribution in [0.5, 0.6) is 5.75 Å². The second-order valence-electron chi connectivity index (χ2n) is 6.64. The lowest BCUT2D eigenvalue weighted by Gasteiger charge is -2.12. The van der Waals surface area contributed by atoms with Crippen molar-refractivity contribution in [2.75, 3.05) is 11.9 Å². The van der Waals surface area contributed by atoms with Crippen LogP contribution in [0.15, 0.2) is 36.4 Å². The van der Waals surface area contributed by atoms with Gasteiger partial charge in [-0.25, -0.2) is 0 Å². The minimum atomic E-state index is -0.0325. The van der Waals surface area contributed by atoms with Gasteiger partial charge in [0.05, 0.1) is 6.61 Å². The Balaban J connectivity index is 1.76. The molecule has 3 nitrogen and oxygen atoms in total. The summed E-state index contributed by atoms with van der Waals surface area (Å²) in [6.07, 6.45) is 1.07. The molecule has 2 rings (SSSR count). The number of carbonyl (C=O) groups excluding carboxylic acids is 1. The Morgan fingerprint density at radius 3 is 2.52 bits per heavy atom. The first-order valence-electron chi connectivity index (χ1n) is 8.66. The first kappa shape index (κ1) is 19.3. The van der Waals surface area contributed by atoms with Crippen LogP contribution in [0.25, 0.3) is 0 Å². The Labute approximate surface area is 155 Å². The second-order valence-corrected chi connectivity index (χ2v) is 7.04. The Morgan fingerprint density at radius 2 is 1.88 bits per heavy atom. The first-order valence-corrected chi connectivity index (χ1v) is 9.04. The van der Waals surface area contributed by atoms with Gasteiger partial charge < -0.3 is 10.1 Å². The van der Waals surface area contributed by atoms with E-state index in [0.29, 0.717) is 30.4 Å². The number of benzene rings is 2. The zero-order valence-electron chi connectivity index (χ0n) is 15.4. The number of anilines is 1. The summed E-state index contributed by atoms with van der Waals surface area (Å²) < 4.78 is 5.76. The van der Waals surface area contributed by atoms with Gasteiger partial charge in [-0.3, -0.25) is 4.79 Å². The van der Waals surface area contributed by atoms with Gasteiger partial charge in [0.15, 0.2) is 0 Å². The predicted molar refractivity (Wildman–Crippen MR) is 105 cm³/mol. The predicted octanol–water partition coefficient (Wildman–Crippen LogP) is 5.88. The number of amides is 1. The summed E-state index contributed by atoms with van der Waals surface area (Å²) >= 11 is 6.06. The van der Waals surface area contributed by atoms with Gasteiger partial charge in [-0.1, -0.05) is 37.6 Å². The molecular weight excluding hydrogens is 334 g/mol. The van der Waals surface area contributed by atoms with Crippen LogP contribution < -0.4 is 10.1 Å². The van der Waals surface area contributed by atoms with Gasteiger partial charge in [-0.15, -0.1) is 0 Å². The molecule has 0 aliphatic heterocycles. The van der Waals surface area contributed by atoms with E-state index >= 15 is 0 Å². The van der Waals surface area contributed by atoms with E-state index in [1.807, 2.05) is 25.1 Å². The quantitative estimate of drug-likeness (QED) is 0.627. The molecule has 4 heteroatoms. The summed E-state index contributed by atoms with van der Waals surface area (Å²) in [5, 5.41) is 3.51. The van der Waals surface area contributed by atoms with Crippen LogP contribution in [0.1, 0.15) is 49.3 Å². The number of ether oxygens (including phenoxy) is 1. The first-order chi connectivity index (χ1) is 11.9. The number of aryl methyl sites for hydroxylation is 2. The molecule has 0 aliphatic rings. The van der Waals surface area contributed by atoms with Crippen molar-refractivity contribution < 1.29 is 9.53 Å². The van der Waals surface area contributed by atoms with Gasteiger partial charge in [0.1, 0.15) is 5.75 Å². The van der Waals surface area contributed by atoms with Gasteiger partial charge in [0.25, 0.3) is 0 Å². The molecule has 0 atom stereocenters. The third kappa shape index (κ3) is 5.79. The molecule has 0 saturated carbocycles. The molecule has 0 radical (unpaired) electrons. The minimum absolute atomic E-state index is 0.0325. The lowest BCUT2D eigenvalue weighted by molar-refractivity contribution is -0.116. The lowest BCUT2D eigenvalue weighted by Crippen LogP contribution is -2.12. The smallest absolute Gasteiger partial charge is 0.224 e. The monoisotopic (exact) mass is 359 g/mol. The average Bonchev–Trinajstić information content (AvgIpc) is 2.55. The molecule has 25 heavy (non-hydrogen) atoms. The van der Waals surface area contributed by atoms with Crippen molar-refractivity contribution >= 4 is 23.2 Å². The highest BCUT2D eigenvalue weighted by Gasteiger charge is 2.06. The molecule has 1 N–H and O–H groups in total. The van der Waals surface area contributed by atoms with Crippen molar-refractivity contribution in [2.24, 2.45) is 0 Å².